The van der Waals surface area contributed by atoms with Crippen LogP contribution in [0.1, 0.15) is 77.6 Å². The van der Waals surface area contributed by atoms with E-state index in [9.17, 15) is 10.4 Å². The van der Waals surface area contributed by atoms with Crippen LogP contribution < -0.4 is 0 Å². The van der Waals surface area contributed by atoms with Gasteiger partial charge in [0.2, 0.25) is 0 Å². The molecule has 2 atom stereocenters. The molecule has 1 N–H and O–H groups in total. The zero-order chi connectivity index (χ0) is 13.1. The largest absolute Gasteiger partial charge is 0.390 e. The summed E-state index contributed by atoms with van der Waals surface area (Å²) in [6.45, 7) is 2.23. The lowest BCUT2D eigenvalue weighted by Crippen LogP contribution is -2.40. The van der Waals surface area contributed by atoms with Crippen LogP contribution in [-0.4, -0.2) is 10.7 Å². The van der Waals surface area contributed by atoms with Crippen LogP contribution in [0.4, 0.5) is 0 Å². The summed E-state index contributed by atoms with van der Waals surface area (Å²) in [5.41, 5.74) is -0.769. The number of aliphatic hydroxyl groups is 1. The third-order valence-electron chi connectivity index (χ3n) is 5.21. The molecule has 2 fully saturated rings. The molecule has 0 heterocycles. The van der Waals surface area contributed by atoms with E-state index in [1.807, 2.05) is 0 Å². The molecule has 0 aromatic heterocycles. The highest BCUT2D eigenvalue weighted by molar-refractivity contribution is 5.06. The first-order chi connectivity index (χ1) is 8.61. The van der Waals surface area contributed by atoms with Gasteiger partial charge in [-0.2, -0.15) is 5.26 Å². The fourth-order valence-electron chi connectivity index (χ4n) is 4.15. The molecule has 18 heavy (non-hydrogen) atoms. The summed E-state index contributed by atoms with van der Waals surface area (Å²) in [5.74, 6) is 0.700. The van der Waals surface area contributed by atoms with Crippen molar-refractivity contribution in [2.75, 3.05) is 0 Å². The van der Waals surface area contributed by atoms with Crippen LogP contribution in [0.5, 0.6) is 0 Å². The van der Waals surface area contributed by atoms with Gasteiger partial charge >= 0.3 is 0 Å². The molecule has 0 saturated heterocycles. The van der Waals surface area contributed by atoms with Crippen LogP contribution in [-0.2, 0) is 0 Å². The van der Waals surface area contributed by atoms with Crippen molar-refractivity contribution in [2.24, 2.45) is 11.3 Å². The quantitative estimate of drug-likeness (QED) is 0.815. The van der Waals surface area contributed by atoms with E-state index in [1.165, 1.54) is 25.7 Å². The summed E-state index contributed by atoms with van der Waals surface area (Å²) in [4.78, 5) is 0. The highest BCUT2D eigenvalue weighted by Gasteiger charge is 2.43. The summed E-state index contributed by atoms with van der Waals surface area (Å²) < 4.78 is 0. The first-order valence-corrected chi connectivity index (χ1v) is 7.75. The van der Waals surface area contributed by atoms with E-state index >= 15 is 0 Å². The van der Waals surface area contributed by atoms with Crippen LogP contribution in [0, 0.1) is 22.7 Å². The number of hydrogen-bond acceptors (Lipinski definition) is 2. The molecule has 2 saturated carbocycles. The number of nitrogens with zero attached hydrogens (tertiary/aromatic N) is 1. The van der Waals surface area contributed by atoms with E-state index in [0.717, 1.165) is 44.9 Å². The lowest BCUT2D eigenvalue weighted by atomic mass is 9.63. The molecule has 2 rings (SSSR count). The van der Waals surface area contributed by atoms with Gasteiger partial charge in [-0.3, -0.25) is 0 Å². The van der Waals surface area contributed by atoms with Crippen LogP contribution in [0.2, 0.25) is 0 Å². The smallest absolute Gasteiger partial charge is 0.0690 e. The summed E-state index contributed by atoms with van der Waals surface area (Å²) in [7, 11) is 0. The molecule has 0 bridgehead atoms. The predicted molar refractivity (Wildman–Crippen MR) is 72.9 cm³/mol. The van der Waals surface area contributed by atoms with Crippen molar-refractivity contribution < 1.29 is 5.11 Å². The van der Waals surface area contributed by atoms with Crippen LogP contribution in [0.15, 0.2) is 0 Å². The summed E-state index contributed by atoms with van der Waals surface area (Å²) in [6, 6.07) is 2.59. The molecule has 0 spiro atoms. The van der Waals surface area contributed by atoms with Crippen LogP contribution in [0.25, 0.3) is 0 Å². The Hall–Kier alpha value is -0.550. The topological polar surface area (TPSA) is 44.0 Å². The van der Waals surface area contributed by atoms with Crippen molar-refractivity contribution in [1.29, 1.82) is 5.26 Å². The first-order valence-electron chi connectivity index (χ1n) is 7.75. The van der Waals surface area contributed by atoms with Gasteiger partial charge in [0, 0.05) is 0 Å². The molecule has 0 aromatic carbocycles. The molecule has 2 unspecified atom stereocenters. The van der Waals surface area contributed by atoms with E-state index in [-0.39, 0.29) is 5.41 Å². The van der Waals surface area contributed by atoms with Gasteiger partial charge in [0.05, 0.1) is 17.1 Å². The molecule has 0 aliphatic heterocycles. The second-order valence-corrected chi connectivity index (χ2v) is 6.72. The molecule has 2 heteroatoms. The van der Waals surface area contributed by atoms with Gasteiger partial charge in [-0.25, -0.2) is 0 Å². The Kier molecular flexibility index (Phi) is 4.33. The van der Waals surface area contributed by atoms with Gasteiger partial charge < -0.3 is 5.11 Å². The van der Waals surface area contributed by atoms with Crippen molar-refractivity contribution in [3.63, 3.8) is 0 Å². The van der Waals surface area contributed by atoms with Crippen molar-refractivity contribution in [3.8, 4) is 6.07 Å². The second kappa shape index (κ2) is 5.61. The van der Waals surface area contributed by atoms with Gasteiger partial charge in [-0.15, -0.1) is 0 Å². The second-order valence-electron chi connectivity index (χ2n) is 6.72. The molecule has 102 valence electrons. The average molecular weight is 249 g/mol. The van der Waals surface area contributed by atoms with Gasteiger partial charge in [0.1, 0.15) is 0 Å². The first kappa shape index (κ1) is 13.9. The predicted octanol–water partition coefficient (Wildman–Crippen LogP) is 4.18. The fraction of sp³-hybridized carbons (Fsp3) is 0.938. The van der Waals surface area contributed by atoms with Gasteiger partial charge in [-0.05, 0) is 38.0 Å². The molecular weight excluding hydrogens is 222 g/mol. The monoisotopic (exact) mass is 249 g/mol. The normalized spacial score (nSPS) is 35.9. The third kappa shape index (κ3) is 3.06. The maximum absolute atomic E-state index is 10.7. The van der Waals surface area contributed by atoms with E-state index in [1.54, 1.807) is 0 Å². The van der Waals surface area contributed by atoms with E-state index in [0.29, 0.717) is 5.92 Å². The van der Waals surface area contributed by atoms with Crippen LogP contribution in [0.3, 0.4) is 0 Å². The minimum atomic E-state index is -0.538. The Morgan fingerprint density at radius 3 is 2.50 bits per heavy atom. The zero-order valence-electron chi connectivity index (χ0n) is 11.7. The molecule has 2 aliphatic carbocycles. The molecular formula is C16H27NO. The number of rotatable bonds is 3. The standard InChI is InChI=1S/C16H27NO/c1-2-14-7-6-8-15(11-14,13-17)12-16(18)9-4-3-5-10-16/h14,18H,2-12H2,1H3. The maximum atomic E-state index is 10.7. The summed E-state index contributed by atoms with van der Waals surface area (Å²) in [6.07, 6.45) is 11.7. The lowest BCUT2D eigenvalue weighted by Gasteiger charge is -2.42. The molecule has 2 aliphatic rings. The zero-order valence-corrected chi connectivity index (χ0v) is 11.7. The molecule has 0 amide bonds. The van der Waals surface area contributed by atoms with E-state index in [4.69, 9.17) is 0 Å². The minimum absolute atomic E-state index is 0.231. The van der Waals surface area contributed by atoms with Crippen molar-refractivity contribution in [2.45, 2.75) is 83.2 Å². The van der Waals surface area contributed by atoms with E-state index < -0.39 is 5.60 Å². The summed E-state index contributed by atoms with van der Waals surface area (Å²) >= 11 is 0. The lowest BCUT2D eigenvalue weighted by molar-refractivity contribution is -0.0395. The van der Waals surface area contributed by atoms with Crippen molar-refractivity contribution in [3.05, 3.63) is 0 Å². The highest BCUT2D eigenvalue weighted by Crippen LogP contribution is 2.48. The fourth-order valence-corrected chi connectivity index (χ4v) is 4.15. The Bertz CT molecular complexity index is 314. The van der Waals surface area contributed by atoms with Gasteiger partial charge in [-0.1, -0.05) is 45.4 Å². The van der Waals surface area contributed by atoms with Crippen molar-refractivity contribution >= 4 is 0 Å². The van der Waals surface area contributed by atoms with E-state index in [2.05, 4.69) is 13.0 Å². The maximum Gasteiger partial charge on any atom is 0.0690 e. The highest BCUT2D eigenvalue weighted by atomic mass is 16.3. The average Bonchev–Trinajstić information content (AvgIpc) is 2.39. The SMILES string of the molecule is CCC1CCCC(C#N)(CC2(O)CCCCC2)C1. The number of nitriles is 1. The Morgan fingerprint density at radius 1 is 1.17 bits per heavy atom. The van der Waals surface area contributed by atoms with Crippen molar-refractivity contribution in [1.82, 2.24) is 0 Å². The Labute approximate surface area is 111 Å². The molecule has 0 aromatic rings. The Balaban J connectivity index is 2.05. The molecule has 2 nitrogen and oxygen atoms in total. The minimum Gasteiger partial charge on any atom is -0.390 e. The Morgan fingerprint density at radius 2 is 1.89 bits per heavy atom. The number of hydrogen-bond donors (Lipinski definition) is 1. The van der Waals surface area contributed by atoms with Gasteiger partial charge in [0.25, 0.3) is 0 Å². The van der Waals surface area contributed by atoms with Crippen LogP contribution >= 0.6 is 0 Å². The third-order valence-corrected chi connectivity index (χ3v) is 5.21. The van der Waals surface area contributed by atoms with Gasteiger partial charge in [0.15, 0.2) is 0 Å². The summed E-state index contributed by atoms with van der Waals surface area (Å²) in [5, 5.41) is 20.4. The molecule has 0 radical (unpaired) electrons.